The maximum absolute atomic E-state index is 11.0. The van der Waals surface area contributed by atoms with Crippen molar-refractivity contribution in [1.82, 2.24) is 5.32 Å². The Morgan fingerprint density at radius 3 is 3.00 bits per heavy atom. The van der Waals surface area contributed by atoms with Gasteiger partial charge in [0, 0.05) is 0 Å². The zero-order valence-electron chi connectivity index (χ0n) is 7.37. The van der Waals surface area contributed by atoms with Crippen molar-refractivity contribution in [2.45, 2.75) is 12.5 Å². The first-order valence-electron chi connectivity index (χ1n) is 4.22. The first-order valence-corrected chi connectivity index (χ1v) is 4.22. The molecule has 1 saturated heterocycles. The van der Waals surface area contributed by atoms with Gasteiger partial charge in [-0.15, -0.1) is 0 Å². The van der Waals surface area contributed by atoms with Gasteiger partial charge in [-0.25, -0.2) is 4.79 Å². The van der Waals surface area contributed by atoms with Crippen molar-refractivity contribution in [2.75, 3.05) is 13.7 Å². The Balaban J connectivity index is 2.12. The first kappa shape index (κ1) is 8.31. The minimum atomic E-state index is -0.425. The lowest BCUT2D eigenvalue weighted by Crippen LogP contribution is -2.34. The molecule has 1 aliphatic rings. The summed E-state index contributed by atoms with van der Waals surface area (Å²) < 4.78 is 9.83. The third kappa shape index (κ3) is 1.45. The molecule has 1 N–H and O–H groups in total. The second-order valence-electron chi connectivity index (χ2n) is 2.99. The Morgan fingerprint density at radius 1 is 1.69 bits per heavy atom. The van der Waals surface area contributed by atoms with Crippen molar-refractivity contribution >= 4 is 5.97 Å². The van der Waals surface area contributed by atoms with Gasteiger partial charge in [0.15, 0.2) is 0 Å². The molecular formula is C9H11NO3. The van der Waals surface area contributed by atoms with Gasteiger partial charge in [-0.1, -0.05) is 0 Å². The maximum atomic E-state index is 11.0. The van der Waals surface area contributed by atoms with Crippen molar-refractivity contribution in [3.63, 3.8) is 0 Å². The van der Waals surface area contributed by atoms with Crippen molar-refractivity contribution in [1.29, 1.82) is 0 Å². The van der Waals surface area contributed by atoms with E-state index in [-0.39, 0.29) is 11.8 Å². The summed E-state index contributed by atoms with van der Waals surface area (Å²) in [6, 6.07) is 3.72. The third-order valence-electron chi connectivity index (χ3n) is 2.18. The minimum Gasteiger partial charge on any atom is -0.463 e. The highest BCUT2D eigenvalue weighted by atomic mass is 16.5. The lowest BCUT2D eigenvalue weighted by molar-refractivity contribution is 0.0561. The van der Waals surface area contributed by atoms with Crippen LogP contribution in [0, 0.1) is 0 Å². The van der Waals surface area contributed by atoms with Crippen LogP contribution in [-0.2, 0) is 4.74 Å². The summed E-state index contributed by atoms with van der Waals surface area (Å²) in [7, 11) is 1.34. The lowest BCUT2D eigenvalue weighted by Gasteiger charge is -2.25. The maximum Gasteiger partial charge on any atom is 0.373 e. The Bertz CT molecular complexity index is 314. The van der Waals surface area contributed by atoms with Crippen molar-refractivity contribution in [2.24, 2.45) is 0 Å². The van der Waals surface area contributed by atoms with Crippen LogP contribution < -0.4 is 5.32 Å². The summed E-state index contributed by atoms with van der Waals surface area (Å²) in [6.45, 7) is 1.01. The molecule has 1 aliphatic heterocycles. The molecule has 0 amide bonds. The van der Waals surface area contributed by atoms with E-state index in [0.29, 0.717) is 0 Å². The molecule has 1 aromatic rings. The topological polar surface area (TPSA) is 51.5 Å². The van der Waals surface area contributed by atoms with E-state index in [1.54, 1.807) is 6.07 Å². The Labute approximate surface area is 75.9 Å². The van der Waals surface area contributed by atoms with Crippen LogP contribution >= 0.6 is 0 Å². The van der Waals surface area contributed by atoms with E-state index in [4.69, 9.17) is 4.42 Å². The fourth-order valence-corrected chi connectivity index (χ4v) is 1.28. The standard InChI is InChI=1S/C9H11NO3/c1-12-9(11)8-3-2-7(13-8)6-4-5-10-6/h2-3,6,10H,4-5H2,1H3. The quantitative estimate of drug-likeness (QED) is 0.694. The molecule has 1 fully saturated rings. The lowest BCUT2D eigenvalue weighted by atomic mass is 10.1. The van der Waals surface area contributed by atoms with Crippen LogP contribution in [-0.4, -0.2) is 19.6 Å². The number of carbonyl (C=O) groups is 1. The van der Waals surface area contributed by atoms with Crippen LogP contribution in [0.5, 0.6) is 0 Å². The van der Waals surface area contributed by atoms with E-state index in [2.05, 4.69) is 10.1 Å². The van der Waals surface area contributed by atoms with E-state index in [1.807, 2.05) is 6.07 Å². The highest BCUT2D eigenvalue weighted by molar-refractivity contribution is 5.86. The molecule has 1 atom stereocenters. The van der Waals surface area contributed by atoms with Crippen LogP contribution in [0.4, 0.5) is 0 Å². The molecule has 0 bridgehead atoms. The number of esters is 1. The van der Waals surface area contributed by atoms with Crippen LogP contribution in [0.25, 0.3) is 0 Å². The average molecular weight is 181 g/mol. The first-order chi connectivity index (χ1) is 6.31. The summed E-state index contributed by atoms with van der Waals surface area (Å²) in [5.74, 6) is 0.656. The zero-order valence-corrected chi connectivity index (χ0v) is 7.37. The molecule has 70 valence electrons. The number of carbonyl (C=O) groups excluding carboxylic acids is 1. The monoisotopic (exact) mass is 181 g/mol. The van der Waals surface area contributed by atoms with Gasteiger partial charge in [0.05, 0.1) is 13.2 Å². The molecule has 1 aromatic heterocycles. The van der Waals surface area contributed by atoms with Gasteiger partial charge in [-0.3, -0.25) is 0 Å². The van der Waals surface area contributed by atoms with Gasteiger partial charge in [-0.2, -0.15) is 0 Å². The summed E-state index contributed by atoms with van der Waals surface area (Å²) in [4.78, 5) is 11.0. The fraction of sp³-hybridized carbons (Fsp3) is 0.444. The number of hydrogen-bond acceptors (Lipinski definition) is 4. The molecule has 1 unspecified atom stereocenters. The number of ether oxygens (including phenoxy) is 1. The number of methoxy groups -OCH3 is 1. The van der Waals surface area contributed by atoms with Gasteiger partial charge >= 0.3 is 5.97 Å². The SMILES string of the molecule is COC(=O)c1ccc(C2CCN2)o1. The molecule has 0 aromatic carbocycles. The highest BCUT2D eigenvalue weighted by Crippen LogP contribution is 2.24. The highest BCUT2D eigenvalue weighted by Gasteiger charge is 2.23. The number of nitrogens with one attached hydrogen (secondary N) is 1. The molecule has 13 heavy (non-hydrogen) atoms. The number of furan rings is 1. The van der Waals surface area contributed by atoms with Gasteiger partial charge in [0.2, 0.25) is 5.76 Å². The molecule has 0 spiro atoms. The molecule has 0 saturated carbocycles. The molecule has 4 nitrogen and oxygen atoms in total. The molecule has 2 rings (SSSR count). The summed E-state index contributed by atoms with van der Waals surface area (Å²) >= 11 is 0. The molecule has 2 heterocycles. The smallest absolute Gasteiger partial charge is 0.373 e. The van der Waals surface area contributed by atoms with E-state index in [0.717, 1.165) is 18.7 Å². The van der Waals surface area contributed by atoms with Crippen LogP contribution in [0.3, 0.4) is 0 Å². The molecule has 0 aliphatic carbocycles. The van der Waals surface area contributed by atoms with Gasteiger partial charge < -0.3 is 14.5 Å². The third-order valence-corrected chi connectivity index (χ3v) is 2.18. The van der Waals surface area contributed by atoms with Crippen LogP contribution in [0.1, 0.15) is 28.8 Å². The van der Waals surface area contributed by atoms with E-state index >= 15 is 0 Å². The van der Waals surface area contributed by atoms with Crippen LogP contribution in [0.2, 0.25) is 0 Å². The normalized spacial score (nSPS) is 20.8. The average Bonchev–Trinajstić information content (AvgIpc) is 2.49. The second kappa shape index (κ2) is 3.22. The largest absolute Gasteiger partial charge is 0.463 e. The molecular weight excluding hydrogens is 170 g/mol. The fourth-order valence-electron chi connectivity index (χ4n) is 1.28. The summed E-state index contributed by atoms with van der Waals surface area (Å²) in [5.41, 5.74) is 0. The Hall–Kier alpha value is -1.29. The zero-order chi connectivity index (χ0) is 9.26. The number of hydrogen-bond donors (Lipinski definition) is 1. The van der Waals surface area contributed by atoms with E-state index in [9.17, 15) is 4.79 Å². The Morgan fingerprint density at radius 2 is 2.46 bits per heavy atom. The Kier molecular flexibility index (Phi) is 2.06. The summed E-state index contributed by atoms with van der Waals surface area (Å²) in [5, 5.41) is 3.19. The minimum absolute atomic E-state index is 0.270. The van der Waals surface area contributed by atoms with E-state index < -0.39 is 5.97 Å². The van der Waals surface area contributed by atoms with Crippen molar-refractivity contribution < 1.29 is 13.9 Å². The second-order valence-corrected chi connectivity index (χ2v) is 2.99. The predicted octanol–water partition coefficient (Wildman–Crippen LogP) is 1.10. The van der Waals surface area contributed by atoms with Gasteiger partial charge in [0.25, 0.3) is 0 Å². The molecule has 4 heteroatoms. The number of rotatable bonds is 2. The van der Waals surface area contributed by atoms with Gasteiger partial charge in [-0.05, 0) is 25.1 Å². The predicted molar refractivity (Wildman–Crippen MR) is 45.4 cm³/mol. The van der Waals surface area contributed by atoms with Gasteiger partial charge in [0.1, 0.15) is 5.76 Å². The summed E-state index contributed by atoms with van der Waals surface area (Å²) in [6.07, 6.45) is 1.06. The molecule has 0 radical (unpaired) electrons. The van der Waals surface area contributed by atoms with Crippen molar-refractivity contribution in [3.8, 4) is 0 Å². The van der Waals surface area contributed by atoms with Crippen molar-refractivity contribution in [3.05, 3.63) is 23.7 Å². The van der Waals surface area contributed by atoms with E-state index in [1.165, 1.54) is 7.11 Å². The van der Waals surface area contributed by atoms with Crippen LogP contribution in [0.15, 0.2) is 16.5 Å².